The van der Waals surface area contributed by atoms with Crippen LogP contribution in [-0.2, 0) is 13.0 Å². The van der Waals surface area contributed by atoms with Crippen molar-refractivity contribution in [1.82, 2.24) is 24.8 Å². The Labute approximate surface area is 191 Å². The van der Waals surface area contributed by atoms with Gasteiger partial charge in [-0.15, -0.1) is 0 Å². The third-order valence-electron chi connectivity index (χ3n) is 6.97. The average Bonchev–Trinajstić information content (AvgIpc) is 3.21. The molecule has 5 rings (SSSR count). The third kappa shape index (κ3) is 4.39. The summed E-state index contributed by atoms with van der Waals surface area (Å²) >= 11 is 0. The number of nitrogens with one attached hydrogen (secondary N) is 1. The van der Waals surface area contributed by atoms with E-state index in [1.54, 1.807) is 0 Å². The molecule has 0 spiro atoms. The first-order valence-electron chi connectivity index (χ1n) is 12.2. The molecule has 2 aliphatic rings. The number of rotatable bonds is 6. The fourth-order valence-electron chi connectivity index (χ4n) is 5.45. The van der Waals surface area contributed by atoms with Gasteiger partial charge < -0.3 is 9.88 Å². The summed E-state index contributed by atoms with van der Waals surface area (Å²) in [7, 11) is 2.20. The smallest absolute Gasteiger partial charge is 0.121 e. The lowest BCUT2D eigenvalue weighted by molar-refractivity contribution is 0.204. The van der Waals surface area contributed by atoms with E-state index in [0.29, 0.717) is 6.04 Å². The molecule has 1 aliphatic carbocycles. The molecule has 0 saturated carbocycles. The van der Waals surface area contributed by atoms with Crippen LogP contribution >= 0.6 is 0 Å². The first kappa shape index (κ1) is 21.4. The molecule has 1 aliphatic heterocycles. The molecular weight excluding hydrogens is 396 g/mol. The predicted octanol–water partition coefficient (Wildman–Crippen LogP) is 4.25. The van der Waals surface area contributed by atoms with Crippen LogP contribution in [0.25, 0.3) is 11.0 Å². The molecule has 3 heterocycles. The molecule has 170 valence electrons. The summed E-state index contributed by atoms with van der Waals surface area (Å²) in [5, 5.41) is 0. The number of nitrogens with zero attached hydrogens (tertiary/aromatic N) is 5. The number of aryl methyl sites for hydroxylation is 1. The van der Waals surface area contributed by atoms with Gasteiger partial charge in [-0.1, -0.05) is 26.0 Å². The van der Waals surface area contributed by atoms with Crippen LogP contribution in [0.3, 0.4) is 0 Å². The van der Waals surface area contributed by atoms with Gasteiger partial charge in [0.2, 0.25) is 0 Å². The van der Waals surface area contributed by atoms with Crippen LogP contribution in [0.5, 0.6) is 0 Å². The molecule has 2 aromatic heterocycles. The number of H-pyrrole nitrogens is 1. The lowest BCUT2D eigenvalue weighted by Crippen LogP contribution is -2.47. The Kier molecular flexibility index (Phi) is 6.15. The van der Waals surface area contributed by atoms with Crippen LogP contribution in [-0.4, -0.2) is 64.5 Å². The van der Waals surface area contributed by atoms with Crippen molar-refractivity contribution in [2.45, 2.75) is 45.7 Å². The number of anilines is 1. The van der Waals surface area contributed by atoms with Gasteiger partial charge >= 0.3 is 0 Å². The third-order valence-corrected chi connectivity index (χ3v) is 6.97. The largest absolute Gasteiger partial charge is 0.367 e. The van der Waals surface area contributed by atoms with Crippen LogP contribution in [0.1, 0.15) is 49.8 Å². The minimum absolute atomic E-state index is 0.363. The van der Waals surface area contributed by atoms with Gasteiger partial charge in [0.05, 0.1) is 29.5 Å². The summed E-state index contributed by atoms with van der Waals surface area (Å²) < 4.78 is 0. The van der Waals surface area contributed by atoms with Gasteiger partial charge in [0, 0.05) is 38.9 Å². The van der Waals surface area contributed by atoms with Crippen molar-refractivity contribution in [3.63, 3.8) is 0 Å². The Hall–Kier alpha value is -2.44. The van der Waals surface area contributed by atoms with Crippen LogP contribution in [0.2, 0.25) is 0 Å². The van der Waals surface area contributed by atoms with E-state index in [1.807, 2.05) is 6.20 Å². The van der Waals surface area contributed by atoms with Crippen molar-refractivity contribution in [2.75, 3.05) is 44.7 Å². The summed E-state index contributed by atoms with van der Waals surface area (Å²) in [6, 6.07) is 11.2. The van der Waals surface area contributed by atoms with E-state index in [4.69, 9.17) is 9.97 Å². The Morgan fingerprint density at radius 2 is 1.97 bits per heavy atom. The minimum Gasteiger partial charge on any atom is -0.367 e. The number of fused-ring (bicyclic) bond motifs is 2. The maximum Gasteiger partial charge on any atom is 0.121 e. The zero-order valence-corrected chi connectivity index (χ0v) is 19.7. The SMILES string of the molecule is CC(C)CN1CCN(c2cccc3[nH]c(CN(C)C4CCCc5cccnc54)nc23)CC1. The number of para-hydroxylation sites is 1. The van der Waals surface area contributed by atoms with Crippen molar-refractivity contribution >= 4 is 16.7 Å². The highest BCUT2D eigenvalue weighted by Gasteiger charge is 2.26. The predicted molar refractivity (Wildman–Crippen MR) is 131 cm³/mol. The standard InChI is InChI=1S/C26H36N6/c1-19(2)17-31-13-15-32(16-14-31)23-11-5-9-21-26(23)29-24(28-21)18-30(3)22-10-4-7-20-8-6-12-27-25(20)22/h5-6,8-9,11-12,19,22H,4,7,10,13-18H2,1-3H3,(H,28,29). The normalized spacial score (nSPS) is 19.8. The fourth-order valence-corrected chi connectivity index (χ4v) is 5.45. The van der Waals surface area contributed by atoms with Crippen molar-refractivity contribution in [2.24, 2.45) is 5.92 Å². The second kappa shape index (κ2) is 9.20. The van der Waals surface area contributed by atoms with Gasteiger partial charge in [-0.25, -0.2) is 4.98 Å². The Bertz CT molecular complexity index is 1050. The van der Waals surface area contributed by atoms with E-state index in [9.17, 15) is 0 Å². The van der Waals surface area contributed by atoms with Gasteiger partial charge in [-0.3, -0.25) is 14.8 Å². The molecule has 1 atom stereocenters. The number of hydrogen-bond acceptors (Lipinski definition) is 5. The quantitative estimate of drug-likeness (QED) is 0.631. The van der Waals surface area contributed by atoms with Crippen LogP contribution in [0.15, 0.2) is 36.5 Å². The molecule has 1 saturated heterocycles. The van der Waals surface area contributed by atoms with Gasteiger partial charge in [-0.05, 0) is 56.0 Å². The maximum absolute atomic E-state index is 5.07. The first-order chi connectivity index (χ1) is 15.6. The molecule has 32 heavy (non-hydrogen) atoms. The second-order valence-corrected chi connectivity index (χ2v) is 9.91. The molecule has 1 unspecified atom stereocenters. The van der Waals surface area contributed by atoms with E-state index in [1.165, 1.54) is 29.9 Å². The number of benzene rings is 1. The minimum atomic E-state index is 0.363. The Balaban J connectivity index is 1.32. The summed E-state index contributed by atoms with van der Waals surface area (Å²) in [4.78, 5) is 20.9. The zero-order valence-electron chi connectivity index (χ0n) is 19.7. The highest BCUT2D eigenvalue weighted by atomic mass is 15.3. The van der Waals surface area contributed by atoms with E-state index >= 15 is 0 Å². The lowest BCUT2D eigenvalue weighted by Gasteiger charge is -2.36. The van der Waals surface area contributed by atoms with E-state index < -0.39 is 0 Å². The molecule has 0 radical (unpaired) electrons. The fraction of sp³-hybridized carbons (Fsp3) is 0.538. The van der Waals surface area contributed by atoms with Gasteiger partial charge in [0.25, 0.3) is 0 Å². The second-order valence-electron chi connectivity index (χ2n) is 9.91. The molecule has 0 bridgehead atoms. The molecule has 6 nitrogen and oxygen atoms in total. The van der Waals surface area contributed by atoms with Gasteiger partial charge in [0.15, 0.2) is 0 Å². The number of hydrogen-bond donors (Lipinski definition) is 1. The van der Waals surface area contributed by atoms with Crippen molar-refractivity contribution in [1.29, 1.82) is 0 Å². The van der Waals surface area contributed by atoms with Crippen molar-refractivity contribution in [3.8, 4) is 0 Å². The summed E-state index contributed by atoms with van der Waals surface area (Å²) in [6.07, 6.45) is 5.46. The summed E-state index contributed by atoms with van der Waals surface area (Å²) in [6.45, 7) is 11.0. The van der Waals surface area contributed by atoms with E-state index in [-0.39, 0.29) is 0 Å². The van der Waals surface area contributed by atoms with E-state index in [2.05, 4.69) is 70.9 Å². The van der Waals surface area contributed by atoms with Crippen LogP contribution in [0, 0.1) is 5.92 Å². The molecule has 1 aromatic carbocycles. The van der Waals surface area contributed by atoms with Crippen LogP contribution in [0.4, 0.5) is 5.69 Å². The number of piperazine rings is 1. The molecule has 0 amide bonds. The molecule has 3 aromatic rings. The highest BCUT2D eigenvalue weighted by Crippen LogP contribution is 2.33. The maximum atomic E-state index is 5.07. The number of aromatic nitrogens is 3. The monoisotopic (exact) mass is 432 g/mol. The topological polar surface area (TPSA) is 51.3 Å². The zero-order chi connectivity index (χ0) is 22.1. The molecule has 6 heteroatoms. The Morgan fingerprint density at radius 3 is 2.78 bits per heavy atom. The van der Waals surface area contributed by atoms with Crippen LogP contribution < -0.4 is 4.90 Å². The summed E-state index contributed by atoms with van der Waals surface area (Å²) in [5.74, 6) is 1.76. The lowest BCUT2D eigenvalue weighted by atomic mass is 9.91. The van der Waals surface area contributed by atoms with Crippen molar-refractivity contribution in [3.05, 3.63) is 53.6 Å². The first-order valence-corrected chi connectivity index (χ1v) is 12.2. The van der Waals surface area contributed by atoms with E-state index in [0.717, 1.165) is 68.3 Å². The van der Waals surface area contributed by atoms with Gasteiger partial charge in [0.1, 0.15) is 11.3 Å². The van der Waals surface area contributed by atoms with Crippen molar-refractivity contribution < 1.29 is 0 Å². The highest BCUT2D eigenvalue weighted by molar-refractivity contribution is 5.89. The Morgan fingerprint density at radius 1 is 1.12 bits per heavy atom. The number of aromatic amines is 1. The molecular formula is C26H36N6. The average molecular weight is 433 g/mol. The molecule has 1 fully saturated rings. The number of pyridine rings is 1. The summed E-state index contributed by atoms with van der Waals surface area (Å²) in [5.41, 5.74) is 6.16. The van der Waals surface area contributed by atoms with Gasteiger partial charge in [-0.2, -0.15) is 0 Å². The number of imidazole rings is 1. The molecule has 1 N–H and O–H groups in total.